The molecule has 0 fully saturated rings. The molecule has 3 heteroatoms. The molecule has 0 saturated heterocycles. The summed E-state index contributed by atoms with van der Waals surface area (Å²) in [6, 6.07) is 4.40. The molecule has 0 heterocycles. The first kappa shape index (κ1) is 14.5. The van der Waals surface area contributed by atoms with E-state index in [4.69, 9.17) is 5.11 Å². The van der Waals surface area contributed by atoms with Gasteiger partial charge in [-0.25, -0.2) is 4.79 Å². The summed E-state index contributed by atoms with van der Waals surface area (Å²) in [6.45, 7) is 7.84. The third-order valence-electron chi connectivity index (χ3n) is 2.91. The van der Waals surface area contributed by atoms with Gasteiger partial charge in [0.05, 0.1) is 0 Å². The Morgan fingerprint density at radius 1 is 1.28 bits per heavy atom. The highest BCUT2D eigenvalue weighted by molar-refractivity contribution is 5.79. The molecule has 1 aromatic carbocycles. The predicted octanol–water partition coefficient (Wildman–Crippen LogP) is 2.38. The summed E-state index contributed by atoms with van der Waals surface area (Å²) in [7, 11) is 0. The van der Waals surface area contributed by atoms with Crippen LogP contribution in [0.3, 0.4) is 0 Å². The summed E-state index contributed by atoms with van der Waals surface area (Å²) in [6.07, 6.45) is 3.76. The van der Waals surface area contributed by atoms with Crippen LogP contribution in [0.15, 0.2) is 24.3 Å². The largest absolute Gasteiger partial charge is 0.478 e. The molecule has 0 aliphatic carbocycles. The second kappa shape index (κ2) is 6.97. The fourth-order valence-corrected chi connectivity index (χ4v) is 2.16. The number of carboxylic acids is 1. The summed E-state index contributed by atoms with van der Waals surface area (Å²) < 4.78 is 0. The summed E-state index contributed by atoms with van der Waals surface area (Å²) in [5.41, 5.74) is 5.34. The van der Waals surface area contributed by atoms with Crippen molar-refractivity contribution in [2.45, 2.75) is 27.2 Å². The van der Waals surface area contributed by atoms with Crippen molar-refractivity contribution in [3.63, 3.8) is 0 Å². The van der Waals surface area contributed by atoms with Gasteiger partial charge in [0.2, 0.25) is 0 Å². The molecule has 0 aromatic heterocycles. The van der Waals surface area contributed by atoms with Crippen molar-refractivity contribution in [1.29, 1.82) is 0 Å². The Bertz CT molecular complexity index is 427. The summed E-state index contributed by atoms with van der Waals surface area (Å²) in [5.74, 6) is -0.901. The Morgan fingerprint density at radius 3 is 2.44 bits per heavy atom. The normalized spacial score (nSPS) is 11.1. The van der Waals surface area contributed by atoms with Gasteiger partial charge in [0, 0.05) is 12.6 Å². The van der Waals surface area contributed by atoms with Gasteiger partial charge in [-0.05, 0) is 50.4 Å². The van der Waals surface area contributed by atoms with Crippen molar-refractivity contribution in [3.8, 4) is 0 Å². The topological polar surface area (TPSA) is 49.3 Å². The second-order valence-electron chi connectivity index (χ2n) is 4.57. The van der Waals surface area contributed by atoms with E-state index < -0.39 is 5.97 Å². The number of carboxylic acid groups (broad SMARTS) is 1. The second-order valence-corrected chi connectivity index (χ2v) is 4.57. The molecule has 0 aliphatic rings. The summed E-state index contributed by atoms with van der Waals surface area (Å²) in [5, 5.41) is 11.6. The van der Waals surface area contributed by atoms with Gasteiger partial charge in [-0.2, -0.15) is 0 Å². The lowest BCUT2D eigenvalue weighted by molar-refractivity contribution is -0.131. The lowest BCUT2D eigenvalue weighted by Crippen LogP contribution is -2.18. The minimum Gasteiger partial charge on any atom is -0.478 e. The number of carbonyl (C=O) groups is 1. The standard InChI is InChI=1S/C15H21NO2/c1-11-9-12(2)14(13(3)10-11)6-8-16-7-4-5-15(17)18/h4-5,9-10,16H,6-8H2,1-3H3,(H,17,18)/b5-4+. The fraction of sp³-hybridized carbons (Fsp3) is 0.400. The molecule has 3 nitrogen and oxygen atoms in total. The van der Waals surface area contributed by atoms with Gasteiger partial charge in [-0.3, -0.25) is 0 Å². The summed E-state index contributed by atoms with van der Waals surface area (Å²) >= 11 is 0. The number of hydrogen-bond donors (Lipinski definition) is 2. The molecule has 0 saturated carbocycles. The maximum Gasteiger partial charge on any atom is 0.328 e. The Morgan fingerprint density at radius 2 is 1.89 bits per heavy atom. The van der Waals surface area contributed by atoms with E-state index in [-0.39, 0.29) is 0 Å². The number of aryl methyl sites for hydroxylation is 3. The molecule has 0 atom stereocenters. The monoisotopic (exact) mass is 247 g/mol. The van der Waals surface area contributed by atoms with E-state index in [1.54, 1.807) is 6.08 Å². The smallest absolute Gasteiger partial charge is 0.328 e. The van der Waals surface area contributed by atoms with Crippen LogP contribution in [0.5, 0.6) is 0 Å². The zero-order valence-electron chi connectivity index (χ0n) is 11.3. The van der Waals surface area contributed by atoms with Crippen LogP contribution in [-0.4, -0.2) is 24.2 Å². The van der Waals surface area contributed by atoms with Gasteiger partial charge < -0.3 is 10.4 Å². The minimum absolute atomic E-state index is 0.594. The quantitative estimate of drug-likeness (QED) is 0.599. The average Bonchev–Trinajstić information content (AvgIpc) is 2.25. The summed E-state index contributed by atoms with van der Waals surface area (Å²) in [4.78, 5) is 10.3. The van der Waals surface area contributed by atoms with Crippen LogP contribution in [-0.2, 0) is 11.2 Å². The average molecular weight is 247 g/mol. The first-order valence-electron chi connectivity index (χ1n) is 6.17. The van der Waals surface area contributed by atoms with Crippen LogP contribution >= 0.6 is 0 Å². The van der Waals surface area contributed by atoms with Crippen LogP contribution < -0.4 is 5.32 Å². The zero-order chi connectivity index (χ0) is 13.5. The van der Waals surface area contributed by atoms with Crippen molar-refractivity contribution >= 4 is 5.97 Å². The number of aliphatic carboxylic acids is 1. The number of benzene rings is 1. The van der Waals surface area contributed by atoms with E-state index in [0.717, 1.165) is 19.0 Å². The van der Waals surface area contributed by atoms with E-state index in [9.17, 15) is 4.79 Å². The van der Waals surface area contributed by atoms with E-state index in [1.807, 2.05) is 0 Å². The Kier molecular flexibility index (Phi) is 5.59. The van der Waals surface area contributed by atoms with Crippen LogP contribution in [0.2, 0.25) is 0 Å². The van der Waals surface area contributed by atoms with Crippen molar-refractivity contribution in [1.82, 2.24) is 5.32 Å². The molecule has 18 heavy (non-hydrogen) atoms. The molecule has 98 valence electrons. The molecular formula is C15H21NO2. The van der Waals surface area contributed by atoms with E-state index in [0.29, 0.717) is 6.54 Å². The lowest BCUT2D eigenvalue weighted by atomic mass is 9.97. The third-order valence-corrected chi connectivity index (χ3v) is 2.91. The zero-order valence-corrected chi connectivity index (χ0v) is 11.3. The Hall–Kier alpha value is -1.61. The van der Waals surface area contributed by atoms with Crippen LogP contribution in [0, 0.1) is 20.8 Å². The molecular weight excluding hydrogens is 226 g/mol. The number of hydrogen-bond acceptors (Lipinski definition) is 2. The minimum atomic E-state index is -0.901. The molecule has 0 spiro atoms. The van der Waals surface area contributed by atoms with Crippen LogP contribution in [0.25, 0.3) is 0 Å². The first-order chi connectivity index (χ1) is 8.50. The highest BCUT2D eigenvalue weighted by Crippen LogP contribution is 2.16. The Labute approximate surface area is 109 Å². The number of nitrogens with one attached hydrogen (secondary N) is 1. The molecule has 0 aliphatic heterocycles. The lowest BCUT2D eigenvalue weighted by Gasteiger charge is -2.11. The third kappa shape index (κ3) is 4.72. The molecule has 0 amide bonds. The Balaban J connectivity index is 2.42. The van der Waals surface area contributed by atoms with E-state index in [2.05, 4.69) is 38.2 Å². The van der Waals surface area contributed by atoms with Crippen molar-refractivity contribution in [2.24, 2.45) is 0 Å². The van der Waals surface area contributed by atoms with Gasteiger partial charge in [-0.1, -0.05) is 23.8 Å². The molecule has 2 N–H and O–H groups in total. The molecule has 0 bridgehead atoms. The van der Waals surface area contributed by atoms with Crippen molar-refractivity contribution < 1.29 is 9.90 Å². The maximum absolute atomic E-state index is 10.3. The van der Waals surface area contributed by atoms with Gasteiger partial charge in [0.15, 0.2) is 0 Å². The van der Waals surface area contributed by atoms with Gasteiger partial charge in [-0.15, -0.1) is 0 Å². The highest BCUT2D eigenvalue weighted by atomic mass is 16.4. The molecule has 1 rings (SSSR count). The molecule has 0 unspecified atom stereocenters. The fourth-order valence-electron chi connectivity index (χ4n) is 2.16. The first-order valence-corrected chi connectivity index (χ1v) is 6.17. The van der Waals surface area contributed by atoms with Crippen molar-refractivity contribution in [3.05, 3.63) is 46.5 Å². The number of rotatable bonds is 6. The SMILES string of the molecule is Cc1cc(C)c(CCNC/C=C/C(=O)O)c(C)c1. The predicted molar refractivity (Wildman–Crippen MR) is 74.0 cm³/mol. The van der Waals surface area contributed by atoms with Gasteiger partial charge >= 0.3 is 5.97 Å². The van der Waals surface area contributed by atoms with Crippen LogP contribution in [0.1, 0.15) is 22.3 Å². The van der Waals surface area contributed by atoms with Gasteiger partial charge in [0.1, 0.15) is 0 Å². The molecule has 0 radical (unpaired) electrons. The van der Waals surface area contributed by atoms with E-state index in [1.165, 1.54) is 22.3 Å². The van der Waals surface area contributed by atoms with Crippen molar-refractivity contribution in [2.75, 3.05) is 13.1 Å². The molecule has 1 aromatic rings. The van der Waals surface area contributed by atoms with Gasteiger partial charge in [0.25, 0.3) is 0 Å². The van der Waals surface area contributed by atoms with E-state index >= 15 is 0 Å². The van der Waals surface area contributed by atoms with Crippen LogP contribution in [0.4, 0.5) is 0 Å². The maximum atomic E-state index is 10.3. The highest BCUT2D eigenvalue weighted by Gasteiger charge is 2.02.